The monoisotopic (exact) mass is 109 g/mol. The van der Waals surface area contributed by atoms with Gasteiger partial charge >= 0.3 is 0 Å². The van der Waals surface area contributed by atoms with Gasteiger partial charge in [-0.3, -0.25) is 4.79 Å². The van der Waals surface area contributed by atoms with Crippen molar-refractivity contribution in [3.05, 3.63) is 18.2 Å². The first-order valence-corrected chi connectivity index (χ1v) is 2.22. The quantitative estimate of drug-likeness (QED) is 0.531. The van der Waals surface area contributed by atoms with E-state index in [2.05, 4.69) is 16.2 Å². The predicted octanol–water partition coefficient (Wildman–Crippen LogP) is 0.412. The third-order valence-corrected chi connectivity index (χ3v) is 0.782. The van der Waals surface area contributed by atoms with Gasteiger partial charge in [-0.05, 0) is 0 Å². The Morgan fingerprint density at radius 3 is 3.00 bits per heavy atom. The van der Waals surface area contributed by atoms with Gasteiger partial charge < -0.3 is 4.98 Å². The molecule has 0 unspecified atom stereocenters. The van der Waals surface area contributed by atoms with Crippen molar-refractivity contribution in [3.63, 3.8) is 0 Å². The highest BCUT2D eigenvalue weighted by Crippen LogP contribution is 1.86. The molecule has 1 rings (SSSR count). The molecule has 0 amide bonds. The molecular weight excluding hydrogens is 104 g/mol. The minimum Gasteiger partial charge on any atom is -0.334 e. The molecule has 0 fully saturated rings. The molecule has 0 spiro atoms. The summed E-state index contributed by atoms with van der Waals surface area (Å²) in [6.45, 7) is 1.45. The summed E-state index contributed by atoms with van der Waals surface area (Å²) in [7, 11) is 0. The lowest BCUT2D eigenvalue weighted by Gasteiger charge is -1.79. The summed E-state index contributed by atoms with van der Waals surface area (Å²) in [4.78, 5) is 16.6. The highest BCUT2D eigenvalue weighted by molar-refractivity contribution is 5.90. The van der Waals surface area contributed by atoms with E-state index in [1.54, 1.807) is 0 Å². The molecule has 41 valence electrons. The number of hydrogen-bond donors (Lipinski definition) is 1. The van der Waals surface area contributed by atoms with Crippen molar-refractivity contribution in [3.8, 4) is 0 Å². The Balaban J connectivity index is 2.93. The molecule has 3 nitrogen and oxygen atoms in total. The number of ketones is 1. The molecule has 1 N–H and O–H groups in total. The first-order valence-electron chi connectivity index (χ1n) is 2.22. The fourth-order valence-electron chi connectivity index (χ4n) is 0.409. The van der Waals surface area contributed by atoms with Crippen molar-refractivity contribution in [1.29, 1.82) is 0 Å². The fourth-order valence-corrected chi connectivity index (χ4v) is 0.409. The van der Waals surface area contributed by atoms with E-state index in [1.807, 2.05) is 0 Å². The molecule has 0 saturated carbocycles. The molecule has 1 aromatic rings. The van der Waals surface area contributed by atoms with Gasteiger partial charge in [-0.1, -0.05) is 0 Å². The molecule has 0 aliphatic carbocycles. The van der Waals surface area contributed by atoms with E-state index in [4.69, 9.17) is 0 Å². The molecule has 0 aromatic carbocycles. The van der Waals surface area contributed by atoms with E-state index in [0.29, 0.717) is 5.82 Å². The smallest absolute Gasteiger partial charge is 0.194 e. The van der Waals surface area contributed by atoms with Crippen molar-refractivity contribution in [1.82, 2.24) is 9.97 Å². The minimum atomic E-state index is -0.0637. The Hall–Kier alpha value is -1.12. The topological polar surface area (TPSA) is 45.8 Å². The van der Waals surface area contributed by atoms with E-state index in [1.165, 1.54) is 13.1 Å². The highest BCUT2D eigenvalue weighted by atomic mass is 16.1. The summed E-state index contributed by atoms with van der Waals surface area (Å²) in [5.41, 5.74) is 0. The molecule has 1 aromatic heterocycles. The molecular formula is C5H5N2O. The Labute approximate surface area is 46.8 Å². The zero-order valence-corrected chi connectivity index (χ0v) is 4.43. The summed E-state index contributed by atoms with van der Waals surface area (Å²) >= 11 is 0. The average Bonchev–Trinajstić information content (AvgIpc) is 2.12. The number of rotatable bonds is 1. The van der Waals surface area contributed by atoms with Crippen molar-refractivity contribution < 1.29 is 4.79 Å². The Morgan fingerprint density at radius 1 is 2.00 bits per heavy atom. The van der Waals surface area contributed by atoms with Crippen molar-refractivity contribution in [2.24, 2.45) is 0 Å². The molecule has 0 atom stereocenters. The van der Waals surface area contributed by atoms with Crippen LogP contribution in [-0.2, 0) is 0 Å². The maximum Gasteiger partial charge on any atom is 0.194 e. The number of aromatic amines is 1. The summed E-state index contributed by atoms with van der Waals surface area (Å²) in [6.07, 6.45) is 3.98. The Morgan fingerprint density at radius 2 is 2.75 bits per heavy atom. The Kier molecular flexibility index (Phi) is 1.12. The molecule has 1 heterocycles. The summed E-state index contributed by atoms with van der Waals surface area (Å²) in [5.74, 6) is 0.302. The number of nitrogens with one attached hydrogen (secondary N) is 1. The van der Waals surface area contributed by atoms with Gasteiger partial charge in [0.15, 0.2) is 11.6 Å². The largest absolute Gasteiger partial charge is 0.334 e. The van der Waals surface area contributed by atoms with Gasteiger partial charge in [-0.25, -0.2) is 4.98 Å². The average molecular weight is 109 g/mol. The van der Waals surface area contributed by atoms with Crippen molar-refractivity contribution in [2.75, 3.05) is 0 Å². The standard InChI is InChI=1S/C5H5N2O/c1-4(8)5-6-2-3-7-5/h2H,1H3,(H,6,7). The third-order valence-electron chi connectivity index (χ3n) is 0.782. The van der Waals surface area contributed by atoms with Crippen LogP contribution in [0.1, 0.15) is 17.5 Å². The first-order chi connectivity index (χ1) is 3.80. The maximum atomic E-state index is 10.4. The van der Waals surface area contributed by atoms with Gasteiger partial charge in [0, 0.05) is 6.92 Å². The number of H-pyrrole nitrogens is 1. The lowest BCUT2D eigenvalue weighted by Crippen LogP contribution is -1.92. The first kappa shape index (κ1) is 5.03. The number of Topliss-reactive ketones (excluding diaryl/α,β-unsaturated/α-hetero) is 1. The normalized spacial score (nSPS) is 9.12. The second kappa shape index (κ2) is 1.78. The SMILES string of the molecule is CC(=O)c1nc[c][nH]1. The van der Waals surface area contributed by atoms with Gasteiger partial charge in [0.1, 0.15) is 0 Å². The minimum absolute atomic E-state index is 0.0637. The third kappa shape index (κ3) is 0.753. The van der Waals surface area contributed by atoms with Crippen LogP contribution in [0.2, 0.25) is 0 Å². The van der Waals surface area contributed by atoms with Crippen LogP contribution < -0.4 is 0 Å². The van der Waals surface area contributed by atoms with Gasteiger partial charge in [0.25, 0.3) is 0 Å². The predicted molar refractivity (Wildman–Crippen MR) is 27.4 cm³/mol. The number of imidazole rings is 1. The second-order valence-electron chi connectivity index (χ2n) is 1.43. The van der Waals surface area contributed by atoms with E-state index in [-0.39, 0.29) is 5.78 Å². The molecule has 0 aliphatic rings. The molecule has 8 heavy (non-hydrogen) atoms. The van der Waals surface area contributed by atoms with Crippen molar-refractivity contribution in [2.45, 2.75) is 6.92 Å². The maximum absolute atomic E-state index is 10.4. The number of carbonyl (C=O) groups excluding carboxylic acids is 1. The number of carbonyl (C=O) groups is 1. The number of nitrogens with zero attached hydrogens (tertiary/aromatic N) is 1. The van der Waals surface area contributed by atoms with E-state index < -0.39 is 0 Å². The summed E-state index contributed by atoms with van der Waals surface area (Å²) in [6, 6.07) is 0. The zero-order valence-electron chi connectivity index (χ0n) is 4.43. The van der Waals surface area contributed by atoms with E-state index in [0.717, 1.165) is 0 Å². The zero-order chi connectivity index (χ0) is 5.98. The van der Waals surface area contributed by atoms with Gasteiger partial charge in [0.2, 0.25) is 0 Å². The van der Waals surface area contributed by atoms with Gasteiger partial charge in [-0.2, -0.15) is 0 Å². The van der Waals surface area contributed by atoms with Crippen LogP contribution in [0, 0.1) is 6.20 Å². The van der Waals surface area contributed by atoms with Crippen LogP contribution in [-0.4, -0.2) is 15.8 Å². The summed E-state index contributed by atoms with van der Waals surface area (Å²) < 4.78 is 0. The van der Waals surface area contributed by atoms with E-state index in [9.17, 15) is 4.79 Å². The highest BCUT2D eigenvalue weighted by Gasteiger charge is 1.96. The van der Waals surface area contributed by atoms with Crippen molar-refractivity contribution >= 4 is 5.78 Å². The lowest BCUT2D eigenvalue weighted by atomic mass is 10.4. The van der Waals surface area contributed by atoms with Crippen LogP contribution in [0.4, 0.5) is 0 Å². The summed E-state index contributed by atoms with van der Waals surface area (Å²) in [5, 5.41) is 0. The molecule has 0 bridgehead atoms. The number of hydrogen-bond acceptors (Lipinski definition) is 2. The van der Waals surface area contributed by atoms with Crippen LogP contribution in [0.3, 0.4) is 0 Å². The Bertz CT molecular complexity index is 178. The van der Waals surface area contributed by atoms with Crippen LogP contribution >= 0.6 is 0 Å². The van der Waals surface area contributed by atoms with Crippen LogP contribution in [0.5, 0.6) is 0 Å². The molecule has 1 radical (unpaired) electrons. The van der Waals surface area contributed by atoms with Crippen LogP contribution in [0.15, 0.2) is 6.20 Å². The molecule has 0 aliphatic heterocycles. The van der Waals surface area contributed by atoms with Gasteiger partial charge in [0.05, 0.1) is 12.4 Å². The number of aromatic nitrogens is 2. The van der Waals surface area contributed by atoms with E-state index >= 15 is 0 Å². The lowest BCUT2D eigenvalue weighted by molar-refractivity contribution is 0.100. The molecule has 0 saturated heterocycles. The van der Waals surface area contributed by atoms with Gasteiger partial charge in [-0.15, -0.1) is 0 Å². The fraction of sp³-hybridized carbons (Fsp3) is 0.200. The van der Waals surface area contributed by atoms with Crippen LogP contribution in [0.25, 0.3) is 0 Å². The molecule has 3 heteroatoms. The second-order valence-corrected chi connectivity index (χ2v) is 1.43.